The molecule has 1 aromatic carbocycles. The normalized spacial score (nSPS) is 32.3. The molecule has 24 heavy (non-hydrogen) atoms. The van der Waals surface area contributed by atoms with Gasteiger partial charge in [0.25, 0.3) is 5.91 Å². The van der Waals surface area contributed by atoms with Crippen LogP contribution in [0.5, 0.6) is 5.75 Å². The van der Waals surface area contributed by atoms with E-state index in [1.807, 2.05) is 19.1 Å². The standard InChI is InChI=1S/C20H21NO3/c1-11-6-7-24-18(11)19(22)21-15-8-12-4-5-13(23-3)9-14(12)20(2)10-16(21)17(15)20/h4-7,9,15-17H,8,10H2,1-3H3/t15-,16?,17-,20+/m1/s1. The fraction of sp³-hybridized carbons (Fsp3) is 0.450. The van der Waals surface area contributed by atoms with Crippen LogP contribution in [-0.2, 0) is 11.8 Å². The number of carbonyl (C=O) groups is 1. The summed E-state index contributed by atoms with van der Waals surface area (Å²) in [6, 6.07) is 8.91. The van der Waals surface area contributed by atoms with Gasteiger partial charge in [-0.1, -0.05) is 13.0 Å². The van der Waals surface area contributed by atoms with Crippen molar-refractivity contribution in [3.8, 4) is 5.75 Å². The minimum atomic E-state index is 0.0581. The van der Waals surface area contributed by atoms with E-state index >= 15 is 0 Å². The number of furan rings is 1. The highest BCUT2D eigenvalue weighted by Gasteiger charge is 2.69. The van der Waals surface area contributed by atoms with Gasteiger partial charge >= 0.3 is 0 Å². The van der Waals surface area contributed by atoms with Crippen LogP contribution in [0.15, 0.2) is 34.9 Å². The fourth-order valence-corrected chi connectivity index (χ4v) is 5.37. The number of likely N-dealkylation sites (tertiary alicyclic amines) is 1. The third kappa shape index (κ3) is 1.52. The number of amides is 1. The average Bonchev–Trinajstić information content (AvgIpc) is 2.97. The molecule has 1 aliphatic heterocycles. The number of ether oxygens (including phenoxy) is 1. The molecule has 1 unspecified atom stereocenters. The number of methoxy groups -OCH3 is 1. The van der Waals surface area contributed by atoms with E-state index in [4.69, 9.17) is 9.15 Å². The summed E-state index contributed by atoms with van der Waals surface area (Å²) in [5, 5.41) is 0. The predicted molar refractivity (Wildman–Crippen MR) is 89.3 cm³/mol. The topological polar surface area (TPSA) is 42.7 Å². The first-order valence-electron chi connectivity index (χ1n) is 8.59. The first kappa shape index (κ1) is 14.1. The third-order valence-electron chi connectivity index (χ3n) is 6.56. The fourth-order valence-electron chi connectivity index (χ4n) is 5.37. The Kier molecular flexibility index (Phi) is 2.61. The molecule has 5 rings (SSSR count). The summed E-state index contributed by atoms with van der Waals surface area (Å²) >= 11 is 0. The highest BCUT2D eigenvalue weighted by molar-refractivity contribution is 5.94. The summed E-state index contributed by atoms with van der Waals surface area (Å²) in [6.07, 6.45) is 3.56. The van der Waals surface area contributed by atoms with Gasteiger partial charge in [0, 0.05) is 29.0 Å². The SMILES string of the molecule is COc1ccc2c(c1)[C@]1(C)CC3[C@H]1[C@@H](C2)N3C(=O)c1occc1C. The molecular weight excluding hydrogens is 302 g/mol. The molecule has 0 bridgehead atoms. The van der Waals surface area contributed by atoms with Crippen LogP contribution in [0.3, 0.4) is 0 Å². The minimum absolute atomic E-state index is 0.0581. The summed E-state index contributed by atoms with van der Waals surface area (Å²) in [6.45, 7) is 4.28. The zero-order valence-corrected chi connectivity index (χ0v) is 14.2. The average molecular weight is 323 g/mol. The van der Waals surface area contributed by atoms with E-state index in [1.165, 1.54) is 11.1 Å². The number of fused-ring (bicyclic) bond motifs is 2. The summed E-state index contributed by atoms with van der Waals surface area (Å²) in [4.78, 5) is 15.0. The molecule has 2 fully saturated rings. The van der Waals surface area contributed by atoms with Gasteiger partial charge in [-0.25, -0.2) is 0 Å². The largest absolute Gasteiger partial charge is 0.497 e. The summed E-state index contributed by atoms with van der Waals surface area (Å²) in [5.41, 5.74) is 3.87. The molecule has 0 radical (unpaired) electrons. The molecular formula is C20H21NO3. The molecule has 2 aliphatic carbocycles. The van der Waals surface area contributed by atoms with Crippen LogP contribution in [0, 0.1) is 12.8 Å². The number of benzene rings is 1. The summed E-state index contributed by atoms with van der Waals surface area (Å²) in [5.74, 6) is 2.05. The number of carbonyl (C=O) groups excluding carboxylic acids is 1. The van der Waals surface area contributed by atoms with E-state index in [9.17, 15) is 4.79 Å². The second kappa shape index (κ2) is 4.44. The Morgan fingerprint density at radius 2 is 2.17 bits per heavy atom. The zero-order chi connectivity index (χ0) is 16.6. The van der Waals surface area contributed by atoms with E-state index in [0.29, 0.717) is 23.8 Å². The van der Waals surface area contributed by atoms with Crippen LogP contribution in [0.4, 0.5) is 0 Å². The summed E-state index contributed by atoms with van der Waals surface area (Å²) < 4.78 is 10.9. The first-order chi connectivity index (χ1) is 11.5. The van der Waals surface area contributed by atoms with Crippen molar-refractivity contribution in [1.29, 1.82) is 0 Å². The second-order valence-electron chi connectivity index (χ2n) is 7.65. The molecule has 4 atom stereocenters. The van der Waals surface area contributed by atoms with Gasteiger partial charge in [-0.05, 0) is 49.1 Å². The summed E-state index contributed by atoms with van der Waals surface area (Å²) in [7, 11) is 1.72. The van der Waals surface area contributed by atoms with Crippen molar-refractivity contribution in [2.24, 2.45) is 5.92 Å². The lowest BCUT2D eigenvalue weighted by atomic mass is 9.43. The lowest BCUT2D eigenvalue weighted by Gasteiger charge is -2.72. The minimum Gasteiger partial charge on any atom is -0.497 e. The lowest BCUT2D eigenvalue weighted by Crippen LogP contribution is -2.80. The molecule has 2 aromatic rings. The number of aryl methyl sites for hydroxylation is 1. The van der Waals surface area contributed by atoms with Crippen molar-refractivity contribution >= 4 is 5.91 Å². The van der Waals surface area contributed by atoms with Gasteiger partial charge in [-0.3, -0.25) is 4.79 Å². The number of hydrogen-bond acceptors (Lipinski definition) is 3. The van der Waals surface area contributed by atoms with E-state index in [0.717, 1.165) is 24.2 Å². The molecule has 1 aromatic heterocycles. The number of nitrogens with zero attached hydrogens (tertiary/aromatic N) is 1. The van der Waals surface area contributed by atoms with Crippen molar-refractivity contribution in [2.75, 3.05) is 7.11 Å². The van der Waals surface area contributed by atoms with E-state index in [2.05, 4.69) is 24.0 Å². The Hall–Kier alpha value is -2.23. The maximum Gasteiger partial charge on any atom is 0.290 e. The van der Waals surface area contributed by atoms with Crippen molar-refractivity contribution in [1.82, 2.24) is 4.90 Å². The van der Waals surface area contributed by atoms with Gasteiger partial charge in [0.05, 0.1) is 13.4 Å². The molecule has 1 saturated carbocycles. The van der Waals surface area contributed by atoms with Crippen LogP contribution in [-0.4, -0.2) is 30.0 Å². The van der Waals surface area contributed by atoms with Crippen LogP contribution < -0.4 is 4.74 Å². The number of hydrogen-bond donors (Lipinski definition) is 0. The van der Waals surface area contributed by atoms with Gasteiger partial charge < -0.3 is 14.1 Å². The Balaban J connectivity index is 1.51. The predicted octanol–water partition coefficient (Wildman–Crippen LogP) is 3.32. The molecule has 0 N–H and O–H groups in total. The van der Waals surface area contributed by atoms with Gasteiger partial charge in [-0.15, -0.1) is 0 Å². The van der Waals surface area contributed by atoms with Crippen LogP contribution >= 0.6 is 0 Å². The maximum absolute atomic E-state index is 12.9. The van der Waals surface area contributed by atoms with Crippen LogP contribution in [0.25, 0.3) is 0 Å². The highest BCUT2D eigenvalue weighted by Crippen LogP contribution is 2.64. The van der Waals surface area contributed by atoms with Crippen LogP contribution in [0.1, 0.15) is 40.6 Å². The second-order valence-corrected chi connectivity index (χ2v) is 7.65. The Morgan fingerprint density at radius 1 is 1.33 bits per heavy atom. The maximum atomic E-state index is 12.9. The monoisotopic (exact) mass is 323 g/mol. The van der Waals surface area contributed by atoms with Crippen molar-refractivity contribution in [3.63, 3.8) is 0 Å². The van der Waals surface area contributed by atoms with E-state index in [-0.39, 0.29) is 11.3 Å². The first-order valence-corrected chi connectivity index (χ1v) is 8.59. The molecule has 2 heterocycles. The molecule has 4 nitrogen and oxygen atoms in total. The Morgan fingerprint density at radius 3 is 2.88 bits per heavy atom. The van der Waals surface area contributed by atoms with Gasteiger partial charge in [0.1, 0.15) is 5.75 Å². The van der Waals surface area contributed by atoms with Gasteiger partial charge in [-0.2, -0.15) is 0 Å². The van der Waals surface area contributed by atoms with E-state index in [1.54, 1.807) is 13.4 Å². The Labute approximate surface area is 141 Å². The lowest BCUT2D eigenvalue weighted by molar-refractivity contribution is -0.156. The van der Waals surface area contributed by atoms with Crippen molar-refractivity contribution < 1.29 is 13.9 Å². The van der Waals surface area contributed by atoms with Gasteiger partial charge in [0.2, 0.25) is 0 Å². The Bertz CT molecular complexity index is 854. The van der Waals surface area contributed by atoms with Crippen LogP contribution in [0.2, 0.25) is 0 Å². The zero-order valence-electron chi connectivity index (χ0n) is 14.2. The van der Waals surface area contributed by atoms with Crippen molar-refractivity contribution in [2.45, 2.75) is 44.2 Å². The third-order valence-corrected chi connectivity index (χ3v) is 6.56. The van der Waals surface area contributed by atoms with Crippen molar-refractivity contribution in [3.05, 3.63) is 53.0 Å². The smallest absolute Gasteiger partial charge is 0.290 e. The molecule has 1 amide bonds. The number of piperidine rings is 1. The van der Waals surface area contributed by atoms with E-state index < -0.39 is 0 Å². The molecule has 3 aliphatic rings. The van der Waals surface area contributed by atoms with Gasteiger partial charge in [0.15, 0.2) is 5.76 Å². The molecule has 0 spiro atoms. The number of rotatable bonds is 2. The molecule has 4 heteroatoms. The quantitative estimate of drug-likeness (QED) is 0.851. The highest BCUT2D eigenvalue weighted by atomic mass is 16.5. The molecule has 124 valence electrons. The molecule has 1 saturated heterocycles.